The highest BCUT2D eigenvalue weighted by molar-refractivity contribution is 8.00. The van der Waals surface area contributed by atoms with Gasteiger partial charge < -0.3 is 20.7 Å². The summed E-state index contributed by atoms with van der Waals surface area (Å²) in [5.74, 6) is -1.77. The van der Waals surface area contributed by atoms with Crippen molar-refractivity contribution in [2.45, 2.75) is 30.4 Å². The van der Waals surface area contributed by atoms with Crippen molar-refractivity contribution in [3.8, 4) is 0 Å². The quantitative estimate of drug-likeness (QED) is 0.0537. The van der Waals surface area contributed by atoms with Crippen LogP contribution in [0.4, 0.5) is 16.5 Å². The smallest absolute Gasteiger partial charge is 0.311 e. The number of carbonyl (C=O) groups excluding carboxylic acids is 4. The fourth-order valence-corrected chi connectivity index (χ4v) is 5.47. The SMILES string of the molecule is CCOC(=O)Cc1csc(NC(=O)C(C)Sc2ccc(NC(=O)/C(=C/c3ccc([N+](=O)[O-])cc3)NC(=O)c3ccccc3)cc2)n1. The molecule has 1 unspecified atom stereocenters. The molecule has 4 aromatic rings. The lowest BCUT2D eigenvalue weighted by atomic mass is 10.1. The Hall–Kier alpha value is -5.34. The fraction of sp³-hybridized carbons (Fsp3) is 0.156. The molecule has 3 amide bonds. The Morgan fingerprint density at radius 2 is 1.70 bits per heavy atom. The number of hydrogen-bond donors (Lipinski definition) is 3. The van der Waals surface area contributed by atoms with E-state index in [1.807, 2.05) is 0 Å². The maximum absolute atomic E-state index is 13.3. The van der Waals surface area contributed by atoms with Crippen LogP contribution in [0.5, 0.6) is 0 Å². The van der Waals surface area contributed by atoms with Gasteiger partial charge in [-0.1, -0.05) is 18.2 Å². The van der Waals surface area contributed by atoms with E-state index in [4.69, 9.17) is 4.74 Å². The number of benzene rings is 3. The van der Waals surface area contributed by atoms with Gasteiger partial charge in [0.25, 0.3) is 17.5 Å². The number of anilines is 2. The van der Waals surface area contributed by atoms with E-state index in [9.17, 15) is 29.3 Å². The third kappa shape index (κ3) is 9.84. The minimum Gasteiger partial charge on any atom is -0.466 e. The molecule has 0 saturated carbocycles. The molecule has 3 aromatic carbocycles. The number of hydrogen-bond acceptors (Lipinski definition) is 10. The Balaban J connectivity index is 1.39. The van der Waals surface area contributed by atoms with Gasteiger partial charge in [0.2, 0.25) is 5.91 Å². The van der Waals surface area contributed by atoms with E-state index in [0.717, 1.165) is 4.90 Å². The van der Waals surface area contributed by atoms with E-state index < -0.39 is 22.0 Å². The summed E-state index contributed by atoms with van der Waals surface area (Å²) in [5, 5.41) is 20.7. The topological polar surface area (TPSA) is 170 Å². The van der Waals surface area contributed by atoms with Gasteiger partial charge in [-0.2, -0.15) is 0 Å². The molecule has 46 heavy (non-hydrogen) atoms. The lowest BCUT2D eigenvalue weighted by Gasteiger charge is -2.13. The van der Waals surface area contributed by atoms with Gasteiger partial charge in [-0.05, 0) is 74.0 Å². The number of nitro benzene ring substituents is 1. The number of nitrogens with one attached hydrogen (secondary N) is 3. The summed E-state index contributed by atoms with van der Waals surface area (Å²) >= 11 is 2.52. The van der Waals surface area contributed by atoms with Crippen LogP contribution in [0.1, 0.15) is 35.5 Å². The number of thiazole rings is 1. The number of rotatable bonds is 13. The third-order valence-electron chi connectivity index (χ3n) is 6.15. The molecular formula is C32H29N5O7S2. The molecule has 0 fully saturated rings. The highest BCUT2D eigenvalue weighted by Gasteiger charge is 2.18. The molecule has 14 heteroatoms. The number of ether oxygens (including phenoxy) is 1. The van der Waals surface area contributed by atoms with E-state index in [0.29, 0.717) is 27.6 Å². The summed E-state index contributed by atoms with van der Waals surface area (Å²) < 4.78 is 4.92. The van der Waals surface area contributed by atoms with Crippen molar-refractivity contribution in [1.82, 2.24) is 10.3 Å². The van der Waals surface area contributed by atoms with Crippen LogP contribution in [0.15, 0.2) is 94.8 Å². The van der Waals surface area contributed by atoms with Crippen LogP contribution in [0, 0.1) is 10.1 Å². The predicted octanol–water partition coefficient (Wildman–Crippen LogP) is 5.69. The second-order valence-corrected chi connectivity index (χ2v) is 11.9. The van der Waals surface area contributed by atoms with E-state index in [-0.39, 0.29) is 36.3 Å². The highest BCUT2D eigenvalue weighted by atomic mass is 32.2. The molecule has 0 saturated heterocycles. The summed E-state index contributed by atoms with van der Waals surface area (Å²) in [6.07, 6.45) is 1.45. The number of aromatic nitrogens is 1. The van der Waals surface area contributed by atoms with Crippen molar-refractivity contribution in [3.63, 3.8) is 0 Å². The predicted molar refractivity (Wildman–Crippen MR) is 176 cm³/mol. The second-order valence-electron chi connectivity index (χ2n) is 9.58. The first-order valence-electron chi connectivity index (χ1n) is 13.9. The van der Waals surface area contributed by atoms with Gasteiger partial charge in [0.1, 0.15) is 5.70 Å². The van der Waals surface area contributed by atoms with E-state index in [1.54, 1.807) is 73.8 Å². The molecule has 0 aliphatic rings. The summed E-state index contributed by atoms with van der Waals surface area (Å²) in [6, 6.07) is 20.7. The molecule has 3 N–H and O–H groups in total. The number of nitro groups is 1. The van der Waals surface area contributed by atoms with Crippen LogP contribution in [0.2, 0.25) is 0 Å². The summed E-state index contributed by atoms with van der Waals surface area (Å²) in [5.41, 5.74) is 1.59. The van der Waals surface area contributed by atoms with Crippen molar-refractivity contribution in [3.05, 3.63) is 117 Å². The lowest BCUT2D eigenvalue weighted by molar-refractivity contribution is -0.384. The summed E-state index contributed by atoms with van der Waals surface area (Å²) in [4.78, 5) is 66.1. The molecular weight excluding hydrogens is 631 g/mol. The Morgan fingerprint density at radius 1 is 1.00 bits per heavy atom. The van der Waals surface area contributed by atoms with Gasteiger partial charge in [0.15, 0.2) is 5.13 Å². The Labute approximate surface area is 272 Å². The van der Waals surface area contributed by atoms with Gasteiger partial charge >= 0.3 is 5.97 Å². The molecule has 0 bridgehead atoms. The highest BCUT2D eigenvalue weighted by Crippen LogP contribution is 2.27. The first-order chi connectivity index (χ1) is 22.1. The van der Waals surface area contributed by atoms with E-state index in [2.05, 4.69) is 20.9 Å². The molecule has 4 rings (SSSR count). The maximum atomic E-state index is 13.3. The minimum atomic E-state index is -0.610. The zero-order valence-electron chi connectivity index (χ0n) is 24.7. The van der Waals surface area contributed by atoms with Gasteiger partial charge in [-0.15, -0.1) is 23.1 Å². The van der Waals surface area contributed by atoms with Crippen LogP contribution >= 0.6 is 23.1 Å². The molecule has 1 aromatic heterocycles. The molecule has 1 heterocycles. The fourth-order valence-electron chi connectivity index (χ4n) is 3.89. The average molecular weight is 660 g/mol. The third-order valence-corrected chi connectivity index (χ3v) is 8.07. The molecule has 0 radical (unpaired) electrons. The number of esters is 1. The van der Waals surface area contributed by atoms with Crippen molar-refractivity contribution in [2.75, 3.05) is 17.2 Å². The van der Waals surface area contributed by atoms with Crippen LogP contribution in [0.25, 0.3) is 6.08 Å². The van der Waals surface area contributed by atoms with Crippen molar-refractivity contribution < 1.29 is 28.8 Å². The number of thioether (sulfide) groups is 1. The van der Waals surface area contributed by atoms with Gasteiger partial charge in [-0.25, -0.2) is 4.98 Å². The normalized spacial score (nSPS) is 11.7. The zero-order valence-corrected chi connectivity index (χ0v) is 26.4. The maximum Gasteiger partial charge on any atom is 0.311 e. The first kappa shape index (κ1) is 33.6. The van der Waals surface area contributed by atoms with Crippen LogP contribution in [0.3, 0.4) is 0 Å². The molecule has 12 nitrogen and oxygen atoms in total. The first-order valence-corrected chi connectivity index (χ1v) is 15.7. The molecule has 0 aliphatic carbocycles. The number of amides is 3. The number of carbonyl (C=O) groups is 4. The number of non-ortho nitro benzene ring substituents is 1. The Morgan fingerprint density at radius 3 is 2.35 bits per heavy atom. The Kier molecular flexibility index (Phi) is 11.7. The van der Waals surface area contributed by atoms with Crippen LogP contribution < -0.4 is 16.0 Å². The summed E-state index contributed by atoms with van der Waals surface area (Å²) in [7, 11) is 0. The zero-order chi connectivity index (χ0) is 33.1. The number of nitrogens with zero attached hydrogens (tertiary/aromatic N) is 2. The van der Waals surface area contributed by atoms with Gasteiger partial charge in [0, 0.05) is 33.7 Å². The molecule has 0 spiro atoms. The van der Waals surface area contributed by atoms with Crippen molar-refractivity contribution in [1.29, 1.82) is 0 Å². The van der Waals surface area contributed by atoms with Crippen molar-refractivity contribution in [2.24, 2.45) is 0 Å². The van der Waals surface area contributed by atoms with Crippen LogP contribution in [-0.4, -0.2) is 45.5 Å². The largest absolute Gasteiger partial charge is 0.466 e. The Bertz CT molecular complexity index is 1740. The van der Waals surface area contributed by atoms with Crippen LogP contribution in [-0.2, 0) is 25.5 Å². The average Bonchev–Trinajstić information content (AvgIpc) is 3.48. The van der Waals surface area contributed by atoms with Crippen molar-refractivity contribution >= 4 is 69.4 Å². The summed E-state index contributed by atoms with van der Waals surface area (Å²) in [6.45, 7) is 3.75. The second kappa shape index (κ2) is 16.1. The van der Waals surface area contributed by atoms with Gasteiger partial charge in [0.05, 0.1) is 28.9 Å². The monoisotopic (exact) mass is 659 g/mol. The van der Waals surface area contributed by atoms with Gasteiger partial charge in [-0.3, -0.25) is 29.3 Å². The van der Waals surface area contributed by atoms with E-state index >= 15 is 0 Å². The minimum absolute atomic E-state index is 0.0289. The molecule has 0 aliphatic heterocycles. The van der Waals surface area contributed by atoms with E-state index in [1.165, 1.54) is 53.4 Å². The standard InChI is InChI=1S/C32H29N5O7S2/c1-3-44-28(38)18-24-19-45-32(34-24)36-29(39)20(2)46-26-15-11-23(12-16-26)33-31(41)27(35-30(40)22-7-5-4-6-8-22)17-21-9-13-25(14-10-21)37(42)43/h4-17,19-20H,3,18H2,1-2H3,(H,33,41)(H,35,40)(H,34,36,39)/b27-17-. The lowest BCUT2D eigenvalue weighted by Crippen LogP contribution is -2.30. The molecule has 1 atom stereocenters. The molecule has 236 valence electrons.